The number of carbonyl (C=O) groups excluding carboxylic acids is 3. The zero-order valence-electron chi connectivity index (χ0n) is 30.2. The summed E-state index contributed by atoms with van der Waals surface area (Å²) in [7, 11) is 0. The molecule has 2 atom stereocenters. The fourth-order valence-corrected chi connectivity index (χ4v) is 6.20. The number of likely N-dealkylation sites (tertiary alicyclic amines) is 2. The molecule has 3 N–H and O–H groups in total. The molecule has 10 heteroatoms. The van der Waals surface area contributed by atoms with Crippen LogP contribution in [0.2, 0.25) is 0 Å². The third-order valence-electron chi connectivity index (χ3n) is 8.23. The second kappa shape index (κ2) is 16.7. The van der Waals surface area contributed by atoms with Crippen molar-refractivity contribution in [3.63, 3.8) is 0 Å². The molecule has 0 aromatic heterocycles. The number of carbonyl (C=O) groups is 3. The SMILES string of the molecule is CC(C)(C)OC(=O)N1C[C@H](CCCN)CC1(C)C.CC(C)(C)OC(=O)N1C[C@H](CCCNC(=O)OCc2ccccc2)CC1(C)C. The molecule has 2 fully saturated rings. The second-order valence-electron chi connectivity index (χ2n) is 16.0. The zero-order chi connectivity index (χ0) is 34.8. The smallest absolute Gasteiger partial charge is 0.410 e. The number of nitrogens with one attached hydrogen (secondary N) is 1. The number of ether oxygens (including phenoxy) is 3. The summed E-state index contributed by atoms with van der Waals surface area (Å²) in [5.74, 6) is 0.959. The van der Waals surface area contributed by atoms with Crippen molar-refractivity contribution in [3.8, 4) is 0 Å². The topological polar surface area (TPSA) is 123 Å². The Labute approximate surface area is 278 Å². The monoisotopic (exact) mass is 646 g/mol. The maximum atomic E-state index is 12.5. The number of nitrogens with two attached hydrogens (primary N) is 1. The lowest BCUT2D eigenvalue weighted by Crippen LogP contribution is -2.45. The summed E-state index contributed by atoms with van der Waals surface area (Å²) in [6.45, 7) is 22.8. The molecule has 0 spiro atoms. The highest BCUT2D eigenvalue weighted by molar-refractivity contribution is 5.70. The minimum absolute atomic E-state index is 0.110. The Hall–Kier alpha value is -3.01. The van der Waals surface area contributed by atoms with E-state index in [1.807, 2.05) is 81.7 Å². The molecule has 0 unspecified atom stereocenters. The Morgan fingerprint density at radius 2 is 1.26 bits per heavy atom. The van der Waals surface area contributed by atoms with E-state index in [1.165, 1.54) is 0 Å². The van der Waals surface area contributed by atoms with Gasteiger partial charge in [-0.05, 0) is 132 Å². The first-order valence-corrected chi connectivity index (χ1v) is 16.9. The molecule has 262 valence electrons. The predicted molar refractivity (Wildman–Crippen MR) is 182 cm³/mol. The minimum atomic E-state index is -0.491. The average Bonchev–Trinajstić information content (AvgIpc) is 3.41. The molecule has 2 aliphatic rings. The quantitative estimate of drug-likeness (QED) is 0.210. The van der Waals surface area contributed by atoms with Crippen LogP contribution in [-0.2, 0) is 20.8 Å². The van der Waals surface area contributed by atoms with E-state index < -0.39 is 17.3 Å². The molecule has 46 heavy (non-hydrogen) atoms. The van der Waals surface area contributed by atoms with Crippen LogP contribution in [0.5, 0.6) is 0 Å². The summed E-state index contributed by atoms with van der Waals surface area (Å²) < 4.78 is 16.2. The molecule has 2 saturated heterocycles. The van der Waals surface area contributed by atoms with Crippen molar-refractivity contribution in [1.82, 2.24) is 15.1 Å². The summed E-state index contributed by atoms with van der Waals surface area (Å²) >= 11 is 0. The van der Waals surface area contributed by atoms with E-state index in [0.29, 0.717) is 24.9 Å². The number of alkyl carbamates (subject to hydrolysis) is 1. The number of hydrogen-bond acceptors (Lipinski definition) is 7. The van der Waals surface area contributed by atoms with Gasteiger partial charge in [-0.25, -0.2) is 14.4 Å². The van der Waals surface area contributed by atoms with Gasteiger partial charge in [0.25, 0.3) is 0 Å². The summed E-state index contributed by atoms with van der Waals surface area (Å²) in [6, 6.07) is 9.61. The molecule has 2 heterocycles. The number of nitrogens with zero attached hydrogens (tertiary/aromatic N) is 2. The summed E-state index contributed by atoms with van der Waals surface area (Å²) in [6.07, 6.45) is 5.06. The highest BCUT2D eigenvalue weighted by Gasteiger charge is 2.43. The normalized spacial score (nSPS) is 20.4. The molecule has 0 saturated carbocycles. The molecule has 0 radical (unpaired) electrons. The Kier molecular flexibility index (Phi) is 14.2. The number of hydrogen-bond donors (Lipinski definition) is 2. The first kappa shape index (κ1) is 39.2. The van der Waals surface area contributed by atoms with Gasteiger partial charge in [0.1, 0.15) is 17.8 Å². The second-order valence-corrected chi connectivity index (χ2v) is 16.0. The summed E-state index contributed by atoms with van der Waals surface area (Å²) in [5, 5.41) is 2.80. The molecular weight excluding hydrogens is 584 g/mol. The fraction of sp³-hybridized carbons (Fsp3) is 0.750. The van der Waals surface area contributed by atoms with Crippen molar-refractivity contribution in [2.75, 3.05) is 26.2 Å². The van der Waals surface area contributed by atoms with Gasteiger partial charge in [0.05, 0.1) is 0 Å². The Morgan fingerprint density at radius 3 is 1.70 bits per heavy atom. The molecule has 0 aliphatic carbocycles. The first-order valence-electron chi connectivity index (χ1n) is 16.9. The molecule has 0 bridgehead atoms. The van der Waals surface area contributed by atoms with Gasteiger partial charge >= 0.3 is 18.3 Å². The van der Waals surface area contributed by atoms with Crippen molar-refractivity contribution < 1.29 is 28.6 Å². The van der Waals surface area contributed by atoms with Gasteiger partial charge < -0.3 is 35.1 Å². The van der Waals surface area contributed by atoms with Crippen LogP contribution in [0.4, 0.5) is 14.4 Å². The van der Waals surface area contributed by atoms with Crippen molar-refractivity contribution >= 4 is 18.3 Å². The van der Waals surface area contributed by atoms with Gasteiger partial charge in [0.15, 0.2) is 0 Å². The van der Waals surface area contributed by atoms with Crippen LogP contribution in [0.15, 0.2) is 30.3 Å². The van der Waals surface area contributed by atoms with Crippen LogP contribution in [0.25, 0.3) is 0 Å². The molecule has 1 aromatic rings. The fourth-order valence-electron chi connectivity index (χ4n) is 6.20. The molecule has 3 rings (SSSR count). The van der Waals surface area contributed by atoms with Crippen LogP contribution in [-0.4, -0.2) is 76.5 Å². The van der Waals surface area contributed by atoms with E-state index >= 15 is 0 Å². The highest BCUT2D eigenvalue weighted by atomic mass is 16.6. The van der Waals surface area contributed by atoms with Gasteiger partial charge in [-0.2, -0.15) is 0 Å². The largest absolute Gasteiger partial charge is 0.445 e. The van der Waals surface area contributed by atoms with Gasteiger partial charge in [-0.3, -0.25) is 0 Å². The van der Waals surface area contributed by atoms with Crippen molar-refractivity contribution in [3.05, 3.63) is 35.9 Å². The Morgan fingerprint density at radius 1 is 0.804 bits per heavy atom. The standard InChI is InChI=1S/C22H34N2O4.C14H28N2O2/c1-21(2,3)28-20(26)24-15-18(14-22(24,4)5)12-9-13-23-19(25)27-16-17-10-7-6-8-11-17;1-13(2,3)18-12(17)16-10-11(7-6-8-15)9-14(16,4)5/h6-8,10-11,18H,9,12-16H2,1-5H3,(H,23,25);11H,6-10,15H2,1-5H3/t18-;11-/m11/s1. The Balaban J connectivity index is 0.000000353. The molecule has 3 amide bonds. The maximum absolute atomic E-state index is 12.5. The molecule has 10 nitrogen and oxygen atoms in total. The molecular formula is C36H62N4O6. The lowest BCUT2D eigenvalue weighted by molar-refractivity contribution is 0.0118. The first-order chi connectivity index (χ1) is 21.2. The van der Waals surface area contributed by atoms with Gasteiger partial charge in [-0.1, -0.05) is 30.3 Å². The zero-order valence-corrected chi connectivity index (χ0v) is 30.2. The van der Waals surface area contributed by atoms with E-state index in [4.69, 9.17) is 19.9 Å². The number of rotatable bonds is 9. The van der Waals surface area contributed by atoms with Crippen molar-refractivity contribution in [2.45, 2.75) is 137 Å². The Bertz CT molecular complexity index is 1110. The average molecular weight is 647 g/mol. The van der Waals surface area contributed by atoms with Crippen LogP contribution >= 0.6 is 0 Å². The summed E-state index contributed by atoms with van der Waals surface area (Å²) in [4.78, 5) is 40.1. The number of amides is 3. The molecule has 1 aromatic carbocycles. The maximum Gasteiger partial charge on any atom is 0.410 e. The van der Waals surface area contributed by atoms with E-state index in [2.05, 4.69) is 33.0 Å². The van der Waals surface area contributed by atoms with Gasteiger partial charge in [0, 0.05) is 30.7 Å². The van der Waals surface area contributed by atoms with Crippen LogP contribution < -0.4 is 11.1 Å². The van der Waals surface area contributed by atoms with Crippen LogP contribution in [0.1, 0.15) is 113 Å². The third kappa shape index (κ3) is 13.8. The van der Waals surface area contributed by atoms with Gasteiger partial charge in [-0.15, -0.1) is 0 Å². The third-order valence-corrected chi connectivity index (χ3v) is 8.23. The molecule has 2 aliphatic heterocycles. The van der Waals surface area contributed by atoms with E-state index in [-0.39, 0.29) is 29.9 Å². The summed E-state index contributed by atoms with van der Waals surface area (Å²) in [5.41, 5.74) is 5.27. The van der Waals surface area contributed by atoms with E-state index in [0.717, 1.165) is 57.2 Å². The highest BCUT2D eigenvalue weighted by Crippen LogP contribution is 2.37. The van der Waals surface area contributed by atoms with Crippen molar-refractivity contribution in [2.24, 2.45) is 17.6 Å². The van der Waals surface area contributed by atoms with Crippen LogP contribution in [0.3, 0.4) is 0 Å². The van der Waals surface area contributed by atoms with Crippen molar-refractivity contribution in [1.29, 1.82) is 0 Å². The van der Waals surface area contributed by atoms with Crippen LogP contribution in [0, 0.1) is 11.8 Å². The lowest BCUT2D eigenvalue weighted by Gasteiger charge is -2.33. The minimum Gasteiger partial charge on any atom is -0.445 e. The van der Waals surface area contributed by atoms with Gasteiger partial charge in [0.2, 0.25) is 0 Å². The number of benzene rings is 1. The van der Waals surface area contributed by atoms with E-state index in [1.54, 1.807) is 0 Å². The lowest BCUT2D eigenvalue weighted by atomic mass is 9.93. The van der Waals surface area contributed by atoms with E-state index in [9.17, 15) is 14.4 Å². The predicted octanol–water partition coefficient (Wildman–Crippen LogP) is 7.49.